The average Bonchev–Trinajstić information content (AvgIpc) is 2.86. The van der Waals surface area contributed by atoms with Crippen LogP contribution in [0, 0.1) is 0 Å². The Morgan fingerprint density at radius 2 is 2.33 bits per heavy atom. The van der Waals surface area contributed by atoms with Gasteiger partial charge in [0, 0.05) is 11.0 Å². The van der Waals surface area contributed by atoms with E-state index in [9.17, 15) is 4.79 Å². The van der Waals surface area contributed by atoms with Crippen molar-refractivity contribution in [2.45, 2.75) is 0 Å². The van der Waals surface area contributed by atoms with Crippen LogP contribution in [-0.4, -0.2) is 22.0 Å². The van der Waals surface area contributed by atoms with E-state index in [1.165, 1.54) is 11.5 Å². The lowest BCUT2D eigenvalue weighted by atomic mass is 10.00. The van der Waals surface area contributed by atoms with Crippen LogP contribution in [0.2, 0.25) is 0 Å². The number of Topliss-reactive ketones (excluding diaryl/α,β-unsaturated/α-hetero) is 1. The molecule has 1 aliphatic heterocycles. The number of aromatic nitrogens is 2. The Morgan fingerprint density at radius 1 is 1.44 bits per heavy atom. The molecule has 2 heterocycles. The SMILES string of the molecule is O=C1/C(=C\c2csnn2)COc2c(Br)cccc21. The highest BCUT2D eigenvalue weighted by atomic mass is 79.9. The van der Waals surface area contributed by atoms with Crippen molar-refractivity contribution < 1.29 is 9.53 Å². The van der Waals surface area contributed by atoms with Crippen LogP contribution in [-0.2, 0) is 0 Å². The fourth-order valence-electron chi connectivity index (χ4n) is 1.74. The van der Waals surface area contributed by atoms with Gasteiger partial charge >= 0.3 is 0 Å². The predicted molar refractivity (Wildman–Crippen MR) is 71.9 cm³/mol. The molecule has 0 unspecified atom stereocenters. The maximum absolute atomic E-state index is 12.3. The van der Waals surface area contributed by atoms with Gasteiger partial charge in [-0.1, -0.05) is 10.6 Å². The van der Waals surface area contributed by atoms with Gasteiger partial charge in [-0.2, -0.15) is 0 Å². The first kappa shape index (κ1) is 11.6. The fourth-order valence-corrected chi connectivity index (χ4v) is 2.64. The number of ether oxygens (including phenoxy) is 1. The van der Waals surface area contributed by atoms with Crippen molar-refractivity contribution in [3.05, 3.63) is 44.9 Å². The second-order valence-corrected chi connectivity index (χ2v) is 5.20. The number of nitrogens with zero attached hydrogens (tertiary/aromatic N) is 2. The lowest BCUT2D eigenvalue weighted by Gasteiger charge is -2.19. The normalized spacial score (nSPS) is 16.5. The first-order valence-electron chi connectivity index (χ1n) is 5.19. The molecule has 0 saturated carbocycles. The van der Waals surface area contributed by atoms with E-state index in [1.54, 1.807) is 17.5 Å². The molecule has 0 fully saturated rings. The number of hydrogen-bond donors (Lipinski definition) is 0. The van der Waals surface area contributed by atoms with Gasteiger partial charge in [-0.05, 0) is 45.7 Å². The zero-order valence-corrected chi connectivity index (χ0v) is 11.5. The summed E-state index contributed by atoms with van der Waals surface area (Å²) in [6, 6.07) is 5.43. The van der Waals surface area contributed by atoms with Gasteiger partial charge in [0.05, 0.1) is 15.7 Å². The monoisotopic (exact) mass is 322 g/mol. The summed E-state index contributed by atoms with van der Waals surface area (Å²) < 4.78 is 10.2. The van der Waals surface area contributed by atoms with Crippen LogP contribution in [0.25, 0.3) is 6.08 Å². The van der Waals surface area contributed by atoms with Crippen LogP contribution in [0.5, 0.6) is 5.75 Å². The summed E-state index contributed by atoms with van der Waals surface area (Å²) in [4.78, 5) is 12.3. The average molecular weight is 323 g/mol. The number of carbonyl (C=O) groups is 1. The summed E-state index contributed by atoms with van der Waals surface area (Å²) in [5.41, 5.74) is 1.85. The Labute approximate surface area is 116 Å². The lowest BCUT2D eigenvalue weighted by Crippen LogP contribution is -2.19. The molecule has 3 rings (SSSR count). The number of hydrogen-bond acceptors (Lipinski definition) is 5. The second-order valence-electron chi connectivity index (χ2n) is 3.73. The van der Waals surface area contributed by atoms with Crippen LogP contribution in [0.4, 0.5) is 0 Å². The Bertz CT molecular complexity index is 638. The molecule has 6 heteroatoms. The van der Waals surface area contributed by atoms with Crippen LogP contribution < -0.4 is 4.74 Å². The molecular formula is C12H7BrN2O2S. The molecule has 90 valence electrons. The van der Waals surface area contributed by atoms with E-state index in [1.807, 2.05) is 12.1 Å². The van der Waals surface area contributed by atoms with Gasteiger partial charge in [-0.3, -0.25) is 4.79 Å². The van der Waals surface area contributed by atoms with Crippen molar-refractivity contribution in [2.75, 3.05) is 6.61 Å². The molecule has 4 nitrogen and oxygen atoms in total. The molecule has 1 aromatic carbocycles. The minimum atomic E-state index is -0.0226. The molecule has 0 aliphatic carbocycles. The summed E-state index contributed by atoms with van der Waals surface area (Å²) in [5.74, 6) is 0.585. The summed E-state index contributed by atoms with van der Waals surface area (Å²) in [7, 11) is 0. The van der Waals surface area contributed by atoms with Crippen molar-refractivity contribution >= 4 is 39.3 Å². The van der Waals surface area contributed by atoms with Gasteiger partial charge in [0.1, 0.15) is 12.4 Å². The highest BCUT2D eigenvalue weighted by molar-refractivity contribution is 9.10. The number of benzene rings is 1. The van der Waals surface area contributed by atoms with Crippen LogP contribution >= 0.6 is 27.5 Å². The van der Waals surface area contributed by atoms with E-state index in [0.29, 0.717) is 22.6 Å². The molecule has 0 amide bonds. The molecule has 2 aromatic rings. The van der Waals surface area contributed by atoms with Crippen molar-refractivity contribution in [3.63, 3.8) is 0 Å². The molecule has 0 N–H and O–H groups in total. The molecule has 1 aliphatic rings. The third kappa shape index (κ3) is 1.97. The first-order chi connectivity index (χ1) is 8.75. The molecule has 18 heavy (non-hydrogen) atoms. The molecular weight excluding hydrogens is 316 g/mol. The Hall–Kier alpha value is -1.53. The van der Waals surface area contributed by atoms with Gasteiger partial charge in [0.15, 0.2) is 5.78 Å². The van der Waals surface area contributed by atoms with Gasteiger partial charge in [-0.15, -0.1) is 5.10 Å². The molecule has 0 spiro atoms. The van der Waals surface area contributed by atoms with Crippen LogP contribution in [0.3, 0.4) is 0 Å². The largest absolute Gasteiger partial charge is 0.487 e. The van der Waals surface area contributed by atoms with Gasteiger partial charge < -0.3 is 4.74 Å². The maximum Gasteiger partial charge on any atom is 0.196 e. The minimum Gasteiger partial charge on any atom is -0.487 e. The van der Waals surface area contributed by atoms with Crippen molar-refractivity contribution in [1.29, 1.82) is 0 Å². The molecule has 1 aromatic heterocycles. The Balaban J connectivity index is 2.02. The van der Waals surface area contributed by atoms with E-state index in [4.69, 9.17) is 4.74 Å². The first-order valence-corrected chi connectivity index (χ1v) is 6.82. The third-order valence-electron chi connectivity index (χ3n) is 2.57. The fraction of sp³-hybridized carbons (Fsp3) is 0.0833. The smallest absolute Gasteiger partial charge is 0.196 e. The van der Waals surface area contributed by atoms with Crippen molar-refractivity contribution in [2.24, 2.45) is 0 Å². The molecule has 0 atom stereocenters. The number of carbonyl (C=O) groups excluding carboxylic acids is 1. The number of para-hydroxylation sites is 1. The van der Waals surface area contributed by atoms with E-state index in [2.05, 4.69) is 25.5 Å². The molecule has 0 bridgehead atoms. The zero-order valence-electron chi connectivity index (χ0n) is 9.09. The van der Waals surface area contributed by atoms with Gasteiger partial charge in [0.2, 0.25) is 0 Å². The summed E-state index contributed by atoms with van der Waals surface area (Å²) >= 11 is 4.62. The van der Waals surface area contributed by atoms with E-state index in [-0.39, 0.29) is 12.4 Å². The summed E-state index contributed by atoms with van der Waals surface area (Å²) in [5, 5.41) is 5.68. The number of fused-ring (bicyclic) bond motifs is 1. The highest BCUT2D eigenvalue weighted by Crippen LogP contribution is 2.34. The Kier molecular flexibility index (Phi) is 2.97. The van der Waals surface area contributed by atoms with Crippen molar-refractivity contribution in [1.82, 2.24) is 9.59 Å². The highest BCUT2D eigenvalue weighted by Gasteiger charge is 2.24. The third-order valence-corrected chi connectivity index (χ3v) is 3.72. The maximum atomic E-state index is 12.3. The van der Waals surface area contributed by atoms with E-state index >= 15 is 0 Å². The topological polar surface area (TPSA) is 52.1 Å². The van der Waals surface area contributed by atoms with Gasteiger partial charge in [0.25, 0.3) is 0 Å². The minimum absolute atomic E-state index is 0.0226. The van der Waals surface area contributed by atoms with E-state index in [0.717, 1.165) is 4.47 Å². The number of ketones is 1. The van der Waals surface area contributed by atoms with E-state index < -0.39 is 0 Å². The second kappa shape index (κ2) is 4.62. The summed E-state index contributed by atoms with van der Waals surface area (Å²) in [6.45, 7) is 0.256. The Morgan fingerprint density at radius 3 is 3.11 bits per heavy atom. The quantitative estimate of drug-likeness (QED) is 0.757. The molecule has 0 saturated heterocycles. The van der Waals surface area contributed by atoms with Crippen LogP contribution in [0.1, 0.15) is 16.1 Å². The standard InChI is InChI=1S/C12H7BrN2O2S/c13-10-3-1-2-9-11(16)7(5-17-12(9)10)4-8-6-18-15-14-8/h1-4,6H,5H2/b7-4-. The predicted octanol–water partition coefficient (Wildman–Crippen LogP) is 2.96. The number of halogens is 1. The van der Waals surface area contributed by atoms with Gasteiger partial charge in [-0.25, -0.2) is 0 Å². The number of rotatable bonds is 1. The van der Waals surface area contributed by atoms with Crippen molar-refractivity contribution in [3.8, 4) is 5.75 Å². The molecule has 0 radical (unpaired) electrons. The van der Waals surface area contributed by atoms with Crippen LogP contribution in [0.15, 0.2) is 33.6 Å². The zero-order chi connectivity index (χ0) is 12.5. The lowest BCUT2D eigenvalue weighted by molar-refractivity contribution is 0.100. The summed E-state index contributed by atoms with van der Waals surface area (Å²) in [6.07, 6.45) is 1.72.